The summed E-state index contributed by atoms with van der Waals surface area (Å²) in [5.41, 5.74) is 1.17. The lowest BCUT2D eigenvalue weighted by molar-refractivity contribution is 0.317. The zero-order valence-corrected chi connectivity index (χ0v) is 8.46. The first-order chi connectivity index (χ1) is 6.29. The van der Waals surface area contributed by atoms with E-state index in [9.17, 15) is 0 Å². The molecule has 1 aromatic heterocycles. The van der Waals surface area contributed by atoms with Gasteiger partial charge in [0, 0.05) is 29.0 Å². The van der Waals surface area contributed by atoms with Gasteiger partial charge < -0.3 is 0 Å². The maximum atomic E-state index is 6.10. The highest BCUT2D eigenvalue weighted by atomic mass is 35.5. The Kier molecular flexibility index (Phi) is 2.51. The third-order valence-corrected chi connectivity index (χ3v) is 3.02. The van der Waals surface area contributed by atoms with Crippen molar-refractivity contribution in [2.24, 2.45) is 0 Å². The van der Waals surface area contributed by atoms with Gasteiger partial charge in [-0.2, -0.15) is 0 Å². The van der Waals surface area contributed by atoms with Crippen molar-refractivity contribution in [2.75, 3.05) is 13.6 Å². The van der Waals surface area contributed by atoms with E-state index in [1.807, 2.05) is 12.3 Å². The van der Waals surface area contributed by atoms with Gasteiger partial charge in [-0.1, -0.05) is 11.6 Å². The van der Waals surface area contributed by atoms with Gasteiger partial charge >= 0.3 is 0 Å². The summed E-state index contributed by atoms with van der Waals surface area (Å²) in [6.45, 7) is 1.16. The number of halogens is 1. The Morgan fingerprint density at radius 2 is 2.46 bits per heavy atom. The quantitative estimate of drug-likeness (QED) is 0.686. The third kappa shape index (κ3) is 1.69. The Morgan fingerprint density at radius 1 is 1.62 bits per heavy atom. The fourth-order valence-electron chi connectivity index (χ4n) is 1.94. The van der Waals surface area contributed by atoms with Crippen LogP contribution in [0.3, 0.4) is 0 Å². The van der Waals surface area contributed by atoms with Crippen molar-refractivity contribution in [1.82, 2.24) is 9.88 Å². The second-order valence-corrected chi connectivity index (χ2v) is 3.94. The summed E-state index contributed by atoms with van der Waals surface area (Å²) in [6, 6.07) is 2.34. The predicted molar refractivity (Wildman–Crippen MR) is 53.9 cm³/mol. The van der Waals surface area contributed by atoms with Gasteiger partial charge in [0.1, 0.15) is 0 Å². The molecule has 0 aliphatic carbocycles. The van der Waals surface area contributed by atoms with E-state index in [1.54, 1.807) is 6.20 Å². The van der Waals surface area contributed by atoms with Crippen molar-refractivity contribution in [3.8, 4) is 0 Å². The maximum absolute atomic E-state index is 6.10. The molecule has 2 nitrogen and oxygen atoms in total. The lowest BCUT2D eigenvalue weighted by Gasteiger charge is -2.20. The lowest BCUT2D eigenvalue weighted by Crippen LogP contribution is -2.17. The average molecular weight is 197 g/mol. The molecule has 1 saturated heterocycles. The van der Waals surface area contributed by atoms with Crippen LogP contribution < -0.4 is 0 Å². The Hall–Kier alpha value is -0.600. The van der Waals surface area contributed by atoms with Gasteiger partial charge in [0.2, 0.25) is 0 Å². The number of hydrogen-bond acceptors (Lipinski definition) is 2. The molecule has 13 heavy (non-hydrogen) atoms. The molecule has 1 atom stereocenters. The first kappa shape index (κ1) is 8.97. The van der Waals surface area contributed by atoms with Gasteiger partial charge in [0.15, 0.2) is 0 Å². The minimum absolute atomic E-state index is 0.473. The molecule has 0 aromatic carbocycles. The van der Waals surface area contributed by atoms with Crippen molar-refractivity contribution >= 4 is 11.6 Å². The summed E-state index contributed by atoms with van der Waals surface area (Å²) in [4.78, 5) is 6.45. The molecule has 0 unspecified atom stereocenters. The molecule has 70 valence electrons. The molecule has 1 aliphatic heterocycles. The highest BCUT2D eigenvalue weighted by Crippen LogP contribution is 2.33. The molecule has 1 fully saturated rings. The summed E-state index contributed by atoms with van der Waals surface area (Å²) in [5.74, 6) is 0. The highest BCUT2D eigenvalue weighted by Gasteiger charge is 2.24. The smallest absolute Gasteiger partial charge is 0.0484 e. The van der Waals surface area contributed by atoms with Gasteiger partial charge in [0.25, 0.3) is 0 Å². The second-order valence-electron chi connectivity index (χ2n) is 3.54. The van der Waals surface area contributed by atoms with Crippen molar-refractivity contribution in [2.45, 2.75) is 18.9 Å². The first-order valence-electron chi connectivity index (χ1n) is 4.58. The first-order valence-corrected chi connectivity index (χ1v) is 4.96. The van der Waals surface area contributed by atoms with E-state index in [0.717, 1.165) is 11.6 Å². The van der Waals surface area contributed by atoms with E-state index in [-0.39, 0.29) is 0 Å². The monoisotopic (exact) mass is 196 g/mol. The number of likely N-dealkylation sites (tertiary alicyclic amines) is 1. The van der Waals surface area contributed by atoms with Crippen LogP contribution in [0.1, 0.15) is 24.4 Å². The molecule has 0 bridgehead atoms. The summed E-state index contributed by atoms with van der Waals surface area (Å²) in [6.07, 6.45) is 6.07. The molecule has 1 aliphatic rings. The van der Waals surface area contributed by atoms with Crippen LogP contribution in [0.25, 0.3) is 0 Å². The third-order valence-electron chi connectivity index (χ3n) is 2.68. The minimum Gasteiger partial charge on any atom is -0.299 e. The summed E-state index contributed by atoms with van der Waals surface area (Å²) in [5, 5.41) is 0.841. The van der Waals surface area contributed by atoms with Crippen LogP contribution in [0, 0.1) is 0 Å². The lowest BCUT2D eigenvalue weighted by atomic mass is 10.1. The fraction of sp³-hybridized carbons (Fsp3) is 0.500. The fourth-order valence-corrected chi connectivity index (χ4v) is 2.17. The van der Waals surface area contributed by atoms with Crippen LogP contribution in [0.15, 0.2) is 18.5 Å². The van der Waals surface area contributed by atoms with Crippen LogP contribution in [0.5, 0.6) is 0 Å². The van der Waals surface area contributed by atoms with Crippen LogP contribution in [0.2, 0.25) is 5.02 Å². The summed E-state index contributed by atoms with van der Waals surface area (Å²) < 4.78 is 0. The zero-order chi connectivity index (χ0) is 9.26. The largest absolute Gasteiger partial charge is 0.299 e. The molecular weight excluding hydrogens is 184 g/mol. The van der Waals surface area contributed by atoms with Crippen molar-refractivity contribution in [3.63, 3.8) is 0 Å². The minimum atomic E-state index is 0.473. The van der Waals surface area contributed by atoms with Gasteiger partial charge in [-0.05, 0) is 32.5 Å². The molecule has 3 heteroatoms. The van der Waals surface area contributed by atoms with Gasteiger partial charge in [-0.15, -0.1) is 0 Å². The summed E-state index contributed by atoms with van der Waals surface area (Å²) >= 11 is 6.10. The standard InChI is InChI=1S/C10H13ClN2/c1-13-6-2-3-10(13)8-7-12-5-4-9(8)11/h4-5,7,10H,2-3,6H2,1H3/t10-/m0/s1. The predicted octanol–water partition coefficient (Wildman–Crippen LogP) is 2.50. The van der Waals surface area contributed by atoms with Gasteiger partial charge in [-0.3, -0.25) is 9.88 Å². The van der Waals surface area contributed by atoms with E-state index >= 15 is 0 Å². The Bertz CT molecular complexity index is 301. The van der Waals surface area contributed by atoms with Crippen LogP contribution >= 0.6 is 11.6 Å². The maximum Gasteiger partial charge on any atom is 0.0484 e. The van der Waals surface area contributed by atoms with E-state index in [0.29, 0.717) is 6.04 Å². The molecule has 2 rings (SSSR count). The molecule has 1 aromatic rings. The molecule has 0 amide bonds. The van der Waals surface area contributed by atoms with E-state index in [2.05, 4.69) is 16.9 Å². The normalized spacial score (nSPS) is 23.7. The number of hydrogen-bond donors (Lipinski definition) is 0. The molecule has 2 heterocycles. The molecule has 0 N–H and O–H groups in total. The van der Waals surface area contributed by atoms with Crippen LogP contribution in [0.4, 0.5) is 0 Å². The van der Waals surface area contributed by atoms with Crippen LogP contribution in [-0.4, -0.2) is 23.5 Å². The zero-order valence-electron chi connectivity index (χ0n) is 7.70. The van der Waals surface area contributed by atoms with Crippen molar-refractivity contribution in [1.29, 1.82) is 0 Å². The van der Waals surface area contributed by atoms with E-state index in [4.69, 9.17) is 11.6 Å². The Labute approximate surface area is 83.5 Å². The highest BCUT2D eigenvalue weighted by molar-refractivity contribution is 6.31. The topological polar surface area (TPSA) is 16.1 Å². The van der Waals surface area contributed by atoms with Gasteiger partial charge in [0.05, 0.1) is 0 Å². The van der Waals surface area contributed by atoms with Gasteiger partial charge in [-0.25, -0.2) is 0 Å². The summed E-state index contributed by atoms with van der Waals surface area (Å²) in [7, 11) is 2.14. The number of rotatable bonds is 1. The Morgan fingerprint density at radius 3 is 3.08 bits per heavy atom. The molecular formula is C10H13ClN2. The van der Waals surface area contributed by atoms with Crippen LogP contribution in [-0.2, 0) is 0 Å². The van der Waals surface area contributed by atoms with Crippen molar-refractivity contribution < 1.29 is 0 Å². The second kappa shape index (κ2) is 3.64. The SMILES string of the molecule is CN1CCC[C@H]1c1cnccc1Cl. The Balaban J connectivity index is 2.29. The van der Waals surface area contributed by atoms with E-state index < -0.39 is 0 Å². The number of nitrogens with zero attached hydrogens (tertiary/aromatic N) is 2. The number of pyridine rings is 1. The molecule has 0 radical (unpaired) electrons. The average Bonchev–Trinajstić information content (AvgIpc) is 2.52. The molecule has 0 spiro atoms. The van der Waals surface area contributed by atoms with Crippen molar-refractivity contribution in [3.05, 3.63) is 29.0 Å². The molecule has 0 saturated carbocycles. The number of aromatic nitrogens is 1. The van der Waals surface area contributed by atoms with E-state index in [1.165, 1.54) is 18.4 Å².